The van der Waals surface area contributed by atoms with Gasteiger partial charge in [0.2, 0.25) is 0 Å². The molecule has 0 fully saturated rings. The molecule has 1 aliphatic rings. The summed E-state index contributed by atoms with van der Waals surface area (Å²) in [5.41, 5.74) is 4.24. The topological polar surface area (TPSA) is 12.0 Å². The minimum Gasteiger partial charge on any atom is -0.384 e. The number of rotatable bonds is 1. The van der Waals surface area contributed by atoms with Gasteiger partial charge in [0, 0.05) is 12.2 Å². The van der Waals surface area contributed by atoms with Gasteiger partial charge in [0.1, 0.15) is 0 Å². The SMILES string of the molecule is Cc1cc(C(F)(F)F)ccc1-c1cccc2c1CCN2. The zero-order chi connectivity index (χ0) is 14.3. The molecule has 1 nitrogen and oxygen atoms in total. The van der Waals surface area contributed by atoms with E-state index in [1.165, 1.54) is 11.6 Å². The third-order valence-corrected chi connectivity index (χ3v) is 3.71. The van der Waals surface area contributed by atoms with Crippen molar-refractivity contribution in [2.45, 2.75) is 19.5 Å². The van der Waals surface area contributed by atoms with Crippen LogP contribution in [-0.4, -0.2) is 6.54 Å². The highest BCUT2D eigenvalue weighted by atomic mass is 19.4. The quantitative estimate of drug-likeness (QED) is 0.800. The summed E-state index contributed by atoms with van der Waals surface area (Å²) in [6, 6.07) is 9.86. The molecule has 2 aromatic carbocycles. The van der Waals surface area contributed by atoms with Gasteiger partial charge in [0.15, 0.2) is 0 Å². The minimum absolute atomic E-state index is 0.593. The summed E-state index contributed by atoms with van der Waals surface area (Å²) in [6.07, 6.45) is -3.38. The molecular weight excluding hydrogens is 263 g/mol. The molecule has 0 bridgehead atoms. The predicted octanol–water partition coefficient (Wildman–Crippen LogP) is 4.65. The van der Waals surface area contributed by atoms with Crippen LogP contribution in [0.5, 0.6) is 0 Å². The molecule has 4 heteroatoms. The Labute approximate surface area is 115 Å². The van der Waals surface area contributed by atoms with Crippen molar-refractivity contribution in [1.29, 1.82) is 0 Å². The summed E-state index contributed by atoms with van der Waals surface area (Å²) in [7, 11) is 0. The van der Waals surface area contributed by atoms with Crippen LogP contribution in [0.25, 0.3) is 11.1 Å². The van der Waals surface area contributed by atoms with E-state index in [-0.39, 0.29) is 0 Å². The van der Waals surface area contributed by atoms with Crippen molar-refractivity contribution in [3.8, 4) is 11.1 Å². The van der Waals surface area contributed by atoms with E-state index in [4.69, 9.17) is 0 Å². The van der Waals surface area contributed by atoms with Crippen LogP contribution in [0.1, 0.15) is 16.7 Å². The lowest BCUT2D eigenvalue weighted by atomic mass is 9.93. The van der Waals surface area contributed by atoms with Gasteiger partial charge in [-0.1, -0.05) is 18.2 Å². The highest BCUT2D eigenvalue weighted by Gasteiger charge is 2.30. The largest absolute Gasteiger partial charge is 0.416 e. The number of benzene rings is 2. The van der Waals surface area contributed by atoms with Crippen molar-refractivity contribution in [2.24, 2.45) is 0 Å². The molecule has 0 saturated heterocycles. The summed E-state index contributed by atoms with van der Waals surface area (Å²) >= 11 is 0. The van der Waals surface area contributed by atoms with Gasteiger partial charge in [0.05, 0.1) is 5.56 Å². The molecule has 0 atom stereocenters. The molecule has 0 aromatic heterocycles. The van der Waals surface area contributed by atoms with E-state index in [0.29, 0.717) is 5.56 Å². The first-order valence-electron chi connectivity index (χ1n) is 6.51. The highest BCUT2D eigenvalue weighted by Crippen LogP contribution is 2.37. The molecule has 3 rings (SSSR count). The molecule has 0 unspecified atom stereocenters. The molecule has 20 heavy (non-hydrogen) atoms. The maximum atomic E-state index is 12.7. The van der Waals surface area contributed by atoms with Crippen LogP contribution < -0.4 is 5.32 Å². The number of fused-ring (bicyclic) bond motifs is 1. The first-order chi connectivity index (χ1) is 9.47. The van der Waals surface area contributed by atoms with E-state index < -0.39 is 11.7 Å². The van der Waals surface area contributed by atoms with Crippen molar-refractivity contribution in [3.63, 3.8) is 0 Å². The van der Waals surface area contributed by atoms with Crippen molar-refractivity contribution in [2.75, 3.05) is 11.9 Å². The summed E-state index contributed by atoms with van der Waals surface area (Å²) < 4.78 is 38.1. The highest BCUT2D eigenvalue weighted by molar-refractivity contribution is 5.77. The number of anilines is 1. The van der Waals surface area contributed by atoms with Gasteiger partial charge in [0.25, 0.3) is 0 Å². The van der Waals surface area contributed by atoms with Crippen LogP contribution >= 0.6 is 0 Å². The third-order valence-electron chi connectivity index (χ3n) is 3.71. The second-order valence-corrected chi connectivity index (χ2v) is 5.04. The number of aryl methyl sites for hydroxylation is 1. The van der Waals surface area contributed by atoms with Crippen LogP contribution in [0, 0.1) is 6.92 Å². The summed E-state index contributed by atoms with van der Waals surface area (Å²) in [5.74, 6) is 0. The minimum atomic E-state index is -4.29. The summed E-state index contributed by atoms with van der Waals surface area (Å²) in [5, 5.41) is 3.29. The fraction of sp³-hybridized carbons (Fsp3) is 0.250. The van der Waals surface area contributed by atoms with E-state index in [9.17, 15) is 13.2 Å². The predicted molar refractivity (Wildman–Crippen MR) is 73.8 cm³/mol. The first-order valence-corrected chi connectivity index (χ1v) is 6.51. The average Bonchev–Trinajstić information content (AvgIpc) is 2.85. The Bertz CT molecular complexity index is 659. The van der Waals surface area contributed by atoms with Crippen LogP contribution in [0.15, 0.2) is 36.4 Å². The van der Waals surface area contributed by atoms with Crippen molar-refractivity contribution in [3.05, 3.63) is 53.1 Å². The monoisotopic (exact) mass is 277 g/mol. The Morgan fingerprint density at radius 3 is 2.55 bits per heavy atom. The summed E-state index contributed by atoms with van der Waals surface area (Å²) in [4.78, 5) is 0. The van der Waals surface area contributed by atoms with Crippen LogP contribution in [0.3, 0.4) is 0 Å². The number of hydrogen-bond acceptors (Lipinski definition) is 1. The van der Waals surface area contributed by atoms with E-state index in [1.54, 1.807) is 13.0 Å². The zero-order valence-corrected chi connectivity index (χ0v) is 11.0. The second kappa shape index (κ2) is 4.54. The first kappa shape index (κ1) is 13.0. The molecular formula is C16H14F3N. The fourth-order valence-corrected chi connectivity index (χ4v) is 2.74. The van der Waals surface area contributed by atoms with E-state index in [2.05, 4.69) is 5.32 Å². The van der Waals surface area contributed by atoms with E-state index >= 15 is 0 Å². The lowest BCUT2D eigenvalue weighted by Crippen LogP contribution is -2.05. The Kier molecular flexibility index (Phi) is 2.96. The molecule has 0 amide bonds. The Morgan fingerprint density at radius 1 is 1.05 bits per heavy atom. The summed E-state index contributed by atoms with van der Waals surface area (Å²) in [6.45, 7) is 2.61. The lowest BCUT2D eigenvalue weighted by molar-refractivity contribution is -0.137. The van der Waals surface area contributed by atoms with Crippen molar-refractivity contribution < 1.29 is 13.2 Å². The van der Waals surface area contributed by atoms with Crippen LogP contribution in [0.4, 0.5) is 18.9 Å². The standard InChI is InChI=1S/C16H14F3N/c1-10-9-11(16(17,18)19)5-6-12(10)13-3-2-4-15-14(13)7-8-20-15/h2-6,9,20H,7-8H2,1H3. The molecule has 0 aliphatic carbocycles. The molecule has 1 aliphatic heterocycles. The number of halogens is 3. The van der Waals surface area contributed by atoms with Crippen molar-refractivity contribution in [1.82, 2.24) is 0 Å². The van der Waals surface area contributed by atoms with Gasteiger partial charge < -0.3 is 5.32 Å². The zero-order valence-electron chi connectivity index (χ0n) is 11.0. The molecule has 1 heterocycles. The van der Waals surface area contributed by atoms with Crippen LogP contribution in [0.2, 0.25) is 0 Å². The second-order valence-electron chi connectivity index (χ2n) is 5.04. The van der Waals surface area contributed by atoms with Gasteiger partial charge in [-0.05, 0) is 53.8 Å². The van der Waals surface area contributed by atoms with Gasteiger partial charge >= 0.3 is 6.18 Å². The van der Waals surface area contributed by atoms with E-state index in [1.807, 2.05) is 18.2 Å². The molecule has 0 saturated carbocycles. The smallest absolute Gasteiger partial charge is 0.384 e. The number of nitrogens with one attached hydrogen (secondary N) is 1. The maximum Gasteiger partial charge on any atom is 0.416 e. The normalized spacial score (nSPS) is 14.0. The fourth-order valence-electron chi connectivity index (χ4n) is 2.74. The Hall–Kier alpha value is -1.97. The lowest BCUT2D eigenvalue weighted by Gasteiger charge is -2.13. The number of alkyl halides is 3. The average molecular weight is 277 g/mol. The van der Waals surface area contributed by atoms with Crippen LogP contribution in [-0.2, 0) is 12.6 Å². The van der Waals surface area contributed by atoms with Gasteiger partial charge in [-0.3, -0.25) is 0 Å². The van der Waals surface area contributed by atoms with Gasteiger partial charge in [-0.2, -0.15) is 13.2 Å². The maximum absolute atomic E-state index is 12.7. The Balaban J connectivity index is 2.10. The third kappa shape index (κ3) is 2.15. The van der Waals surface area contributed by atoms with Gasteiger partial charge in [-0.25, -0.2) is 0 Å². The molecule has 0 spiro atoms. The molecule has 0 radical (unpaired) electrons. The van der Waals surface area contributed by atoms with E-state index in [0.717, 1.165) is 35.8 Å². The van der Waals surface area contributed by atoms with Gasteiger partial charge in [-0.15, -0.1) is 0 Å². The molecule has 2 aromatic rings. The Morgan fingerprint density at radius 2 is 1.85 bits per heavy atom. The molecule has 1 N–H and O–H groups in total. The molecule has 104 valence electrons. The van der Waals surface area contributed by atoms with Crippen molar-refractivity contribution >= 4 is 5.69 Å². The number of hydrogen-bond donors (Lipinski definition) is 1.